The molecule has 0 saturated heterocycles. The Morgan fingerprint density at radius 2 is 2.21 bits per heavy atom. The first-order valence-electron chi connectivity index (χ1n) is 6.70. The smallest absolute Gasteiger partial charge is 0.344 e. The van der Waals surface area contributed by atoms with Crippen molar-refractivity contribution in [3.63, 3.8) is 0 Å². The van der Waals surface area contributed by atoms with E-state index in [9.17, 15) is 14.9 Å². The molecular formula is C13H17N5O6. The van der Waals surface area contributed by atoms with Crippen LogP contribution in [0.2, 0.25) is 0 Å². The third kappa shape index (κ3) is 6.60. The van der Waals surface area contributed by atoms with Gasteiger partial charge in [0.1, 0.15) is 5.10 Å². The van der Waals surface area contributed by atoms with Gasteiger partial charge in [-0.25, -0.2) is 20.3 Å². The summed E-state index contributed by atoms with van der Waals surface area (Å²) in [5.74, 6) is -0.229. The van der Waals surface area contributed by atoms with Crippen molar-refractivity contribution in [3.8, 4) is 11.5 Å². The minimum atomic E-state index is -0.948. The fraction of sp³-hybridized carbons (Fsp3) is 0.308. The second-order valence-electron chi connectivity index (χ2n) is 4.10. The number of hydrazone groups is 2. The fourth-order valence-corrected chi connectivity index (χ4v) is 1.51. The summed E-state index contributed by atoms with van der Waals surface area (Å²) in [6.45, 7) is 1.72. The fourth-order valence-electron chi connectivity index (χ4n) is 1.51. The van der Waals surface area contributed by atoms with Gasteiger partial charge < -0.3 is 19.9 Å². The first kappa shape index (κ1) is 18.7. The molecule has 0 fully saturated rings. The predicted octanol–water partition coefficient (Wildman–Crippen LogP) is 0.0670. The molecule has 0 aliphatic heterocycles. The van der Waals surface area contributed by atoms with Crippen molar-refractivity contribution in [2.45, 2.75) is 6.92 Å². The third-order valence-corrected chi connectivity index (χ3v) is 2.42. The van der Waals surface area contributed by atoms with Gasteiger partial charge in [-0.15, -0.1) is 0 Å². The number of esters is 1. The molecule has 24 heavy (non-hydrogen) atoms. The van der Waals surface area contributed by atoms with E-state index >= 15 is 0 Å². The maximum Gasteiger partial charge on any atom is 0.344 e. The van der Waals surface area contributed by atoms with Crippen LogP contribution in [0.4, 0.5) is 0 Å². The number of nitro groups is 1. The molecule has 130 valence electrons. The van der Waals surface area contributed by atoms with E-state index in [0.717, 1.165) is 0 Å². The molecule has 0 unspecified atom stereocenters. The Bertz CT molecular complexity index is 646. The third-order valence-electron chi connectivity index (χ3n) is 2.42. The van der Waals surface area contributed by atoms with Gasteiger partial charge in [0.15, 0.2) is 23.1 Å². The zero-order chi connectivity index (χ0) is 17.9. The van der Waals surface area contributed by atoms with E-state index in [2.05, 4.69) is 15.6 Å². The first-order valence-corrected chi connectivity index (χ1v) is 6.70. The van der Waals surface area contributed by atoms with Gasteiger partial charge in [0.2, 0.25) is 0 Å². The van der Waals surface area contributed by atoms with Crippen LogP contribution in [0.1, 0.15) is 12.5 Å². The van der Waals surface area contributed by atoms with Crippen LogP contribution in [-0.4, -0.2) is 43.5 Å². The molecule has 3 N–H and O–H groups in total. The van der Waals surface area contributed by atoms with Gasteiger partial charge in [-0.2, -0.15) is 5.10 Å². The molecule has 11 heteroatoms. The van der Waals surface area contributed by atoms with E-state index in [1.807, 2.05) is 0 Å². The van der Waals surface area contributed by atoms with Crippen molar-refractivity contribution in [1.29, 1.82) is 0 Å². The Balaban J connectivity index is 2.72. The molecular weight excluding hydrogens is 322 g/mol. The second-order valence-corrected chi connectivity index (χ2v) is 4.10. The number of ether oxygens (including phenoxy) is 3. The van der Waals surface area contributed by atoms with E-state index in [0.29, 0.717) is 17.1 Å². The van der Waals surface area contributed by atoms with Crippen LogP contribution in [0.15, 0.2) is 28.4 Å². The lowest BCUT2D eigenvalue weighted by atomic mass is 10.2. The molecule has 0 aromatic heterocycles. The number of hydrogen-bond donors (Lipinski definition) is 2. The quantitative estimate of drug-likeness (QED) is 0.222. The molecule has 0 radical (unpaired) electrons. The number of nitrogens with one attached hydrogen (secondary N) is 1. The average molecular weight is 339 g/mol. The number of guanidine groups is 1. The largest absolute Gasteiger partial charge is 0.493 e. The van der Waals surface area contributed by atoms with Crippen molar-refractivity contribution >= 4 is 18.1 Å². The Morgan fingerprint density at radius 3 is 2.83 bits per heavy atom. The number of carbonyl (C=O) groups excluding carboxylic acids is 1. The molecule has 0 saturated carbocycles. The summed E-state index contributed by atoms with van der Waals surface area (Å²) in [7, 11) is 1.44. The van der Waals surface area contributed by atoms with Crippen LogP contribution in [-0.2, 0) is 9.53 Å². The highest BCUT2D eigenvalue weighted by molar-refractivity contribution is 5.83. The minimum Gasteiger partial charge on any atom is -0.493 e. The average Bonchev–Trinajstić information content (AvgIpc) is 2.53. The van der Waals surface area contributed by atoms with Gasteiger partial charge in [0, 0.05) is 0 Å². The summed E-state index contributed by atoms with van der Waals surface area (Å²) in [5, 5.41) is 15.7. The normalized spacial score (nSPS) is 11.2. The van der Waals surface area contributed by atoms with Gasteiger partial charge in [-0.3, -0.25) is 0 Å². The Hall–Kier alpha value is -3.37. The summed E-state index contributed by atoms with van der Waals surface area (Å²) >= 11 is 0. The summed E-state index contributed by atoms with van der Waals surface area (Å²) in [4.78, 5) is 21.4. The monoisotopic (exact) mass is 339 g/mol. The van der Waals surface area contributed by atoms with Crippen molar-refractivity contribution in [3.05, 3.63) is 33.9 Å². The molecule has 1 aromatic rings. The number of rotatable bonds is 8. The zero-order valence-corrected chi connectivity index (χ0v) is 13.1. The summed E-state index contributed by atoms with van der Waals surface area (Å²) in [6, 6.07) is 4.80. The lowest BCUT2D eigenvalue weighted by Crippen LogP contribution is -2.28. The number of carbonyl (C=O) groups is 1. The van der Waals surface area contributed by atoms with E-state index in [1.165, 1.54) is 13.3 Å². The molecule has 0 heterocycles. The van der Waals surface area contributed by atoms with Gasteiger partial charge >= 0.3 is 5.97 Å². The lowest BCUT2D eigenvalue weighted by molar-refractivity contribution is -0.485. The highest BCUT2D eigenvalue weighted by Crippen LogP contribution is 2.27. The van der Waals surface area contributed by atoms with E-state index < -0.39 is 17.0 Å². The maximum atomic E-state index is 11.3. The molecule has 1 rings (SSSR count). The standard InChI is InChI=1S/C13H17N5O6/c1-3-23-12(19)8-24-10-5-4-9(6-11(10)22-2)7-15-16-13(14)17-18(20)21/h4-7H,3,8H2,1-2H3,(H3,14,16,17)/b15-7+. The summed E-state index contributed by atoms with van der Waals surface area (Å²) in [6.07, 6.45) is 1.35. The highest BCUT2D eigenvalue weighted by Gasteiger charge is 2.08. The highest BCUT2D eigenvalue weighted by atomic mass is 16.7. The zero-order valence-electron chi connectivity index (χ0n) is 13.1. The van der Waals surface area contributed by atoms with Gasteiger partial charge in [0.05, 0.1) is 19.9 Å². The number of nitrogens with zero attached hydrogens (tertiary/aromatic N) is 3. The van der Waals surface area contributed by atoms with Crippen LogP contribution in [0.25, 0.3) is 0 Å². The van der Waals surface area contributed by atoms with Crippen molar-refractivity contribution < 1.29 is 24.0 Å². The SMILES string of the molecule is CCOC(=O)COc1ccc(/C=N/N/C(N)=N/[N+](=O)[O-])cc1OC. The van der Waals surface area contributed by atoms with Crippen molar-refractivity contribution in [1.82, 2.24) is 5.43 Å². The van der Waals surface area contributed by atoms with Gasteiger partial charge in [-0.1, -0.05) is 0 Å². The van der Waals surface area contributed by atoms with Crippen LogP contribution in [0.3, 0.4) is 0 Å². The van der Waals surface area contributed by atoms with E-state index in [1.54, 1.807) is 25.1 Å². The summed E-state index contributed by atoms with van der Waals surface area (Å²) in [5.41, 5.74) is 7.99. The topological polar surface area (TPSA) is 151 Å². The Morgan fingerprint density at radius 1 is 1.46 bits per heavy atom. The van der Waals surface area contributed by atoms with E-state index in [4.69, 9.17) is 19.9 Å². The first-order chi connectivity index (χ1) is 11.5. The molecule has 11 nitrogen and oxygen atoms in total. The van der Waals surface area contributed by atoms with Crippen molar-refractivity contribution in [2.75, 3.05) is 20.3 Å². The predicted molar refractivity (Wildman–Crippen MR) is 84.5 cm³/mol. The van der Waals surface area contributed by atoms with Crippen LogP contribution < -0.4 is 20.6 Å². The molecule has 1 aromatic carbocycles. The molecule has 0 bridgehead atoms. The second kappa shape index (κ2) is 9.61. The maximum absolute atomic E-state index is 11.3. The lowest BCUT2D eigenvalue weighted by Gasteiger charge is -2.10. The van der Waals surface area contributed by atoms with Crippen LogP contribution in [0.5, 0.6) is 11.5 Å². The molecule has 0 aliphatic rings. The van der Waals surface area contributed by atoms with Gasteiger partial charge in [0.25, 0.3) is 5.96 Å². The molecule has 0 aliphatic carbocycles. The number of nitrogens with two attached hydrogens (primary N) is 1. The number of benzene rings is 1. The van der Waals surface area contributed by atoms with Crippen LogP contribution in [0, 0.1) is 10.1 Å². The Kier molecular flexibility index (Phi) is 7.48. The number of methoxy groups -OCH3 is 1. The van der Waals surface area contributed by atoms with E-state index in [-0.39, 0.29) is 13.2 Å². The molecule has 0 spiro atoms. The molecule has 0 atom stereocenters. The molecule has 0 amide bonds. The van der Waals surface area contributed by atoms with Gasteiger partial charge in [-0.05, 0) is 30.7 Å². The minimum absolute atomic E-state index is 0.243. The summed E-state index contributed by atoms with van der Waals surface area (Å²) < 4.78 is 15.2. The van der Waals surface area contributed by atoms with Crippen LogP contribution >= 0.6 is 0 Å². The number of hydrogen-bond acceptors (Lipinski definition) is 7. The van der Waals surface area contributed by atoms with Crippen molar-refractivity contribution in [2.24, 2.45) is 15.9 Å². The Labute approximate surface area is 137 Å².